The molecule has 2 aliphatic rings. The van der Waals surface area contributed by atoms with Crippen molar-refractivity contribution in [1.82, 2.24) is 10.2 Å². The summed E-state index contributed by atoms with van der Waals surface area (Å²) < 4.78 is 53.8. The number of halogens is 4. The third-order valence-corrected chi connectivity index (χ3v) is 4.99. The molecule has 2 fully saturated rings. The Labute approximate surface area is 132 Å². The van der Waals surface area contributed by atoms with E-state index in [1.54, 1.807) is 7.05 Å². The maximum Gasteiger partial charge on any atom is 0.193 e. The van der Waals surface area contributed by atoms with Crippen LogP contribution < -0.4 is 5.32 Å². The number of hydrogen-bond acceptors (Lipinski definition) is 1. The van der Waals surface area contributed by atoms with Gasteiger partial charge in [-0.15, -0.1) is 0 Å². The lowest BCUT2D eigenvalue weighted by molar-refractivity contribution is 0.151. The van der Waals surface area contributed by atoms with Crippen LogP contribution in [-0.4, -0.2) is 31.0 Å². The Morgan fingerprint density at radius 2 is 1.83 bits per heavy atom. The maximum absolute atomic E-state index is 13.7. The fourth-order valence-corrected chi connectivity index (χ4v) is 3.48. The van der Waals surface area contributed by atoms with E-state index in [0.717, 1.165) is 19.5 Å². The van der Waals surface area contributed by atoms with Crippen LogP contribution in [0.25, 0.3) is 0 Å². The van der Waals surface area contributed by atoms with Crippen molar-refractivity contribution in [2.24, 2.45) is 10.4 Å². The van der Waals surface area contributed by atoms with E-state index in [-0.39, 0.29) is 12.6 Å². The first-order valence-corrected chi connectivity index (χ1v) is 7.73. The number of aliphatic imine (C=N–C) groups is 1. The molecule has 0 amide bonds. The van der Waals surface area contributed by atoms with Gasteiger partial charge >= 0.3 is 0 Å². The fourth-order valence-electron chi connectivity index (χ4n) is 3.48. The zero-order valence-corrected chi connectivity index (χ0v) is 12.9. The molecule has 1 aliphatic carbocycles. The fraction of sp³-hybridized carbons (Fsp3) is 0.562. The summed E-state index contributed by atoms with van der Waals surface area (Å²) in [6.07, 6.45) is 4.70. The number of nitrogens with one attached hydrogen (secondary N) is 1. The first-order chi connectivity index (χ1) is 11.0. The summed E-state index contributed by atoms with van der Waals surface area (Å²) in [7, 11) is 1.58. The molecule has 0 atom stereocenters. The second-order valence-corrected chi connectivity index (χ2v) is 6.37. The predicted molar refractivity (Wildman–Crippen MR) is 78.9 cm³/mol. The number of likely N-dealkylation sites (tertiary alicyclic amines) is 1. The molecule has 7 heteroatoms. The van der Waals surface area contributed by atoms with Crippen LogP contribution in [0.1, 0.15) is 31.2 Å². The first-order valence-electron chi connectivity index (χ1n) is 7.73. The molecule has 3 nitrogen and oxygen atoms in total. The molecular weight excluding hydrogens is 310 g/mol. The molecule has 1 saturated heterocycles. The molecule has 1 N–H and O–H groups in total. The van der Waals surface area contributed by atoms with Crippen LogP contribution in [-0.2, 0) is 6.54 Å². The van der Waals surface area contributed by atoms with E-state index in [9.17, 15) is 17.6 Å². The van der Waals surface area contributed by atoms with Crippen LogP contribution in [0.2, 0.25) is 0 Å². The van der Waals surface area contributed by atoms with Gasteiger partial charge in [0, 0.05) is 38.3 Å². The first kappa shape index (κ1) is 16.1. The van der Waals surface area contributed by atoms with Gasteiger partial charge in [-0.25, -0.2) is 17.6 Å². The van der Waals surface area contributed by atoms with E-state index in [1.165, 1.54) is 19.3 Å². The lowest BCUT2D eigenvalue weighted by atomic mass is 9.68. The smallest absolute Gasteiger partial charge is 0.193 e. The van der Waals surface area contributed by atoms with Crippen LogP contribution in [0.5, 0.6) is 0 Å². The molecule has 1 aliphatic heterocycles. The van der Waals surface area contributed by atoms with E-state index < -0.39 is 28.8 Å². The summed E-state index contributed by atoms with van der Waals surface area (Å²) in [4.78, 5) is 6.14. The highest BCUT2D eigenvalue weighted by molar-refractivity contribution is 5.80. The van der Waals surface area contributed by atoms with Gasteiger partial charge in [0.15, 0.2) is 29.2 Å². The third-order valence-electron chi connectivity index (χ3n) is 4.99. The van der Waals surface area contributed by atoms with Crippen molar-refractivity contribution in [3.8, 4) is 0 Å². The number of guanidine groups is 1. The summed E-state index contributed by atoms with van der Waals surface area (Å²) >= 11 is 0. The molecule has 0 unspecified atom stereocenters. The normalized spacial score (nSPS) is 20.0. The van der Waals surface area contributed by atoms with Crippen LogP contribution >= 0.6 is 0 Å². The molecule has 0 radical (unpaired) electrons. The summed E-state index contributed by atoms with van der Waals surface area (Å²) in [5.41, 5.74) is -0.305. The van der Waals surface area contributed by atoms with E-state index >= 15 is 0 Å². The minimum atomic E-state index is -1.40. The number of rotatable bonds is 2. The summed E-state index contributed by atoms with van der Waals surface area (Å²) in [5.74, 6) is -5.04. The topological polar surface area (TPSA) is 27.6 Å². The van der Waals surface area contributed by atoms with Crippen LogP contribution in [0, 0.1) is 28.7 Å². The Bertz CT molecular complexity index is 614. The second-order valence-electron chi connectivity index (χ2n) is 6.37. The van der Waals surface area contributed by atoms with E-state index in [2.05, 4.69) is 10.3 Å². The Morgan fingerprint density at radius 3 is 2.30 bits per heavy atom. The van der Waals surface area contributed by atoms with Gasteiger partial charge in [-0.1, -0.05) is 6.42 Å². The number of nitrogens with zero attached hydrogens (tertiary/aromatic N) is 2. The Morgan fingerprint density at radius 1 is 1.17 bits per heavy atom. The van der Waals surface area contributed by atoms with E-state index in [1.807, 2.05) is 4.90 Å². The van der Waals surface area contributed by atoms with Crippen LogP contribution in [0.3, 0.4) is 0 Å². The predicted octanol–water partition coefficient (Wildman–Crippen LogP) is 3.19. The Hall–Kier alpha value is -1.79. The molecule has 0 bridgehead atoms. The molecule has 1 spiro atoms. The number of hydrogen-bond donors (Lipinski definition) is 1. The van der Waals surface area contributed by atoms with Crippen molar-refractivity contribution in [1.29, 1.82) is 0 Å². The standard InChI is InChI=1S/C16H19F4N3/c1-21-15(23-6-5-16(9-23)3-2-4-16)22-8-10-13(19)11(17)7-12(18)14(10)20/h7H,2-6,8-9H2,1H3,(H,21,22). The van der Waals surface area contributed by atoms with Gasteiger partial charge in [-0.05, 0) is 24.7 Å². The SMILES string of the molecule is CN=C(NCc1c(F)c(F)cc(F)c1F)N1CCC2(CCC2)C1. The van der Waals surface area contributed by atoms with Crippen molar-refractivity contribution in [3.63, 3.8) is 0 Å². The summed E-state index contributed by atoms with van der Waals surface area (Å²) in [6.45, 7) is 1.32. The minimum Gasteiger partial charge on any atom is -0.352 e. The van der Waals surface area contributed by atoms with Crippen molar-refractivity contribution < 1.29 is 17.6 Å². The van der Waals surface area contributed by atoms with Crippen molar-refractivity contribution in [3.05, 3.63) is 34.9 Å². The average Bonchev–Trinajstić information content (AvgIpc) is 2.94. The summed E-state index contributed by atoms with van der Waals surface area (Å²) in [6, 6.07) is 0.212. The van der Waals surface area contributed by atoms with E-state index in [0.29, 0.717) is 11.4 Å². The molecular formula is C16H19F4N3. The quantitative estimate of drug-likeness (QED) is 0.391. The lowest BCUT2D eigenvalue weighted by Crippen LogP contribution is -2.42. The monoisotopic (exact) mass is 329 g/mol. The zero-order valence-electron chi connectivity index (χ0n) is 12.9. The van der Waals surface area contributed by atoms with Crippen molar-refractivity contribution >= 4 is 5.96 Å². The summed E-state index contributed by atoms with van der Waals surface area (Å²) in [5, 5.41) is 2.81. The molecule has 1 aromatic rings. The molecule has 0 aromatic heterocycles. The van der Waals surface area contributed by atoms with Gasteiger partial charge in [0.1, 0.15) is 0 Å². The molecule has 3 rings (SSSR count). The van der Waals surface area contributed by atoms with Crippen LogP contribution in [0.4, 0.5) is 17.6 Å². The van der Waals surface area contributed by atoms with Crippen molar-refractivity contribution in [2.45, 2.75) is 32.2 Å². The average molecular weight is 329 g/mol. The van der Waals surface area contributed by atoms with Gasteiger partial charge in [0.25, 0.3) is 0 Å². The van der Waals surface area contributed by atoms with Gasteiger partial charge in [-0.3, -0.25) is 4.99 Å². The molecule has 23 heavy (non-hydrogen) atoms. The highest BCUT2D eigenvalue weighted by Crippen LogP contribution is 2.47. The van der Waals surface area contributed by atoms with Gasteiger partial charge in [0.05, 0.1) is 0 Å². The largest absolute Gasteiger partial charge is 0.352 e. The lowest BCUT2D eigenvalue weighted by Gasteiger charge is -2.38. The Kier molecular flexibility index (Phi) is 4.21. The molecule has 1 saturated carbocycles. The van der Waals surface area contributed by atoms with Crippen molar-refractivity contribution in [2.75, 3.05) is 20.1 Å². The Balaban J connectivity index is 1.70. The highest BCUT2D eigenvalue weighted by Gasteiger charge is 2.43. The van der Waals surface area contributed by atoms with Gasteiger partial charge in [0.2, 0.25) is 0 Å². The minimum absolute atomic E-state index is 0.212. The molecule has 126 valence electrons. The number of benzene rings is 1. The molecule has 1 aromatic carbocycles. The molecule has 1 heterocycles. The zero-order chi connectivity index (χ0) is 16.6. The van der Waals surface area contributed by atoms with E-state index in [4.69, 9.17) is 0 Å². The second kappa shape index (κ2) is 6.02. The highest BCUT2D eigenvalue weighted by atomic mass is 19.2. The maximum atomic E-state index is 13.7. The third kappa shape index (κ3) is 2.88. The van der Waals surface area contributed by atoms with Crippen LogP contribution in [0.15, 0.2) is 11.1 Å². The van der Waals surface area contributed by atoms with Gasteiger partial charge < -0.3 is 10.2 Å². The van der Waals surface area contributed by atoms with Gasteiger partial charge in [-0.2, -0.15) is 0 Å².